The summed E-state index contributed by atoms with van der Waals surface area (Å²) in [6, 6.07) is 7.05. The number of hydrogen-bond donors (Lipinski definition) is 1. The maximum atomic E-state index is 12.7. The Kier molecular flexibility index (Phi) is 4.94. The molecular weight excluding hydrogens is 284 g/mol. The molecule has 0 atom stereocenters. The molecule has 1 N–H and O–H groups in total. The van der Waals surface area contributed by atoms with Crippen LogP contribution in [0.3, 0.4) is 0 Å². The Morgan fingerprint density at radius 1 is 1.14 bits per heavy atom. The summed E-state index contributed by atoms with van der Waals surface area (Å²) in [4.78, 5) is 0.393. The second-order valence-electron chi connectivity index (χ2n) is 6.12. The highest BCUT2D eigenvalue weighted by atomic mass is 32.2. The van der Waals surface area contributed by atoms with Crippen LogP contribution in [0, 0.1) is 5.41 Å². The third-order valence-electron chi connectivity index (χ3n) is 4.66. The molecule has 118 valence electrons. The third kappa shape index (κ3) is 3.58. The van der Waals surface area contributed by atoms with Gasteiger partial charge in [-0.25, -0.2) is 8.42 Å². The van der Waals surface area contributed by atoms with Crippen LogP contribution in [0.2, 0.25) is 0 Å². The first-order valence-corrected chi connectivity index (χ1v) is 9.19. The number of nitrogens with zero attached hydrogens (tertiary/aromatic N) is 1. The number of nitrogens with one attached hydrogen (secondary N) is 1. The Balaban J connectivity index is 2.12. The topological polar surface area (TPSA) is 49.4 Å². The van der Waals surface area contributed by atoms with Crippen LogP contribution in [-0.4, -0.2) is 32.4 Å². The van der Waals surface area contributed by atoms with Crippen LogP contribution in [0.1, 0.15) is 40.0 Å². The molecule has 0 radical (unpaired) electrons. The highest BCUT2D eigenvalue weighted by Crippen LogP contribution is 2.35. The third-order valence-corrected chi connectivity index (χ3v) is 6.57. The number of sulfonamides is 1. The van der Waals surface area contributed by atoms with Gasteiger partial charge in [-0.1, -0.05) is 20.3 Å². The molecule has 1 aliphatic rings. The van der Waals surface area contributed by atoms with E-state index >= 15 is 0 Å². The van der Waals surface area contributed by atoms with Crippen LogP contribution in [0.4, 0.5) is 5.69 Å². The molecule has 1 aromatic rings. The molecule has 21 heavy (non-hydrogen) atoms. The SMILES string of the molecule is CCNc1ccc(S(=O)(=O)N2CCC(C)(CC)CC2)cc1. The van der Waals surface area contributed by atoms with E-state index in [-0.39, 0.29) is 0 Å². The van der Waals surface area contributed by atoms with Crippen molar-refractivity contribution >= 4 is 15.7 Å². The van der Waals surface area contributed by atoms with Crippen molar-refractivity contribution in [2.45, 2.75) is 44.9 Å². The molecule has 1 saturated heterocycles. The molecule has 5 heteroatoms. The van der Waals surface area contributed by atoms with Gasteiger partial charge in [0.05, 0.1) is 4.90 Å². The van der Waals surface area contributed by atoms with Crippen LogP contribution in [0.5, 0.6) is 0 Å². The van der Waals surface area contributed by atoms with Gasteiger partial charge < -0.3 is 5.32 Å². The summed E-state index contributed by atoms with van der Waals surface area (Å²) in [5.41, 5.74) is 1.25. The second-order valence-corrected chi connectivity index (χ2v) is 8.06. The predicted octanol–water partition coefficient (Wildman–Crippen LogP) is 3.32. The zero-order valence-corrected chi connectivity index (χ0v) is 14.0. The lowest BCUT2D eigenvalue weighted by molar-refractivity contribution is 0.169. The van der Waals surface area contributed by atoms with Crippen LogP contribution >= 0.6 is 0 Å². The van der Waals surface area contributed by atoms with Crippen molar-refractivity contribution in [2.24, 2.45) is 5.41 Å². The van der Waals surface area contributed by atoms with Crippen molar-refractivity contribution < 1.29 is 8.42 Å². The van der Waals surface area contributed by atoms with Crippen molar-refractivity contribution in [3.8, 4) is 0 Å². The van der Waals surface area contributed by atoms with Gasteiger partial charge in [-0.3, -0.25) is 0 Å². The minimum atomic E-state index is -3.35. The summed E-state index contributed by atoms with van der Waals surface area (Å²) in [6.07, 6.45) is 2.99. The van der Waals surface area contributed by atoms with Crippen molar-refractivity contribution in [1.29, 1.82) is 0 Å². The van der Waals surface area contributed by atoms with Gasteiger partial charge in [0.2, 0.25) is 10.0 Å². The van der Waals surface area contributed by atoms with Crippen molar-refractivity contribution in [2.75, 3.05) is 25.0 Å². The minimum absolute atomic E-state index is 0.293. The molecule has 0 aliphatic carbocycles. The second kappa shape index (κ2) is 6.36. The molecule has 1 aromatic carbocycles. The van der Waals surface area contributed by atoms with Gasteiger partial charge in [-0.05, 0) is 49.4 Å². The lowest BCUT2D eigenvalue weighted by atomic mass is 9.79. The maximum Gasteiger partial charge on any atom is 0.243 e. The maximum absolute atomic E-state index is 12.7. The van der Waals surface area contributed by atoms with Crippen molar-refractivity contribution in [1.82, 2.24) is 4.31 Å². The average Bonchev–Trinajstić information content (AvgIpc) is 2.49. The van der Waals surface area contributed by atoms with E-state index in [0.717, 1.165) is 31.5 Å². The van der Waals surface area contributed by atoms with E-state index in [2.05, 4.69) is 19.2 Å². The Morgan fingerprint density at radius 2 is 1.71 bits per heavy atom. The number of piperidine rings is 1. The Bertz CT molecular complexity index is 558. The van der Waals surface area contributed by atoms with E-state index in [9.17, 15) is 8.42 Å². The first-order valence-electron chi connectivity index (χ1n) is 7.75. The molecule has 0 amide bonds. The van der Waals surface area contributed by atoms with Gasteiger partial charge in [0.15, 0.2) is 0 Å². The quantitative estimate of drug-likeness (QED) is 0.907. The lowest BCUT2D eigenvalue weighted by Gasteiger charge is -2.38. The van der Waals surface area contributed by atoms with Gasteiger partial charge in [0.25, 0.3) is 0 Å². The summed E-state index contributed by atoms with van der Waals surface area (Å²) >= 11 is 0. The summed E-state index contributed by atoms with van der Waals surface area (Å²) in [5, 5.41) is 3.18. The fourth-order valence-corrected chi connectivity index (χ4v) is 4.16. The molecule has 1 aliphatic heterocycles. The predicted molar refractivity (Wildman–Crippen MR) is 87.0 cm³/mol. The average molecular weight is 310 g/mol. The molecule has 0 spiro atoms. The largest absolute Gasteiger partial charge is 0.385 e. The highest BCUT2D eigenvalue weighted by Gasteiger charge is 2.34. The first kappa shape index (κ1) is 16.3. The van der Waals surface area contributed by atoms with E-state index in [1.165, 1.54) is 0 Å². The van der Waals surface area contributed by atoms with Crippen molar-refractivity contribution in [3.05, 3.63) is 24.3 Å². The Labute approximate surface area is 128 Å². The van der Waals surface area contributed by atoms with E-state index in [4.69, 9.17) is 0 Å². The fourth-order valence-electron chi connectivity index (χ4n) is 2.72. The molecule has 1 fully saturated rings. The molecular formula is C16H26N2O2S. The van der Waals surface area contributed by atoms with Crippen molar-refractivity contribution in [3.63, 3.8) is 0 Å². The van der Waals surface area contributed by atoms with E-state index < -0.39 is 10.0 Å². The van der Waals surface area contributed by atoms with E-state index in [1.807, 2.05) is 19.1 Å². The molecule has 2 rings (SSSR count). The summed E-state index contributed by atoms with van der Waals surface area (Å²) in [5.74, 6) is 0. The standard InChI is InChI=1S/C16H26N2O2S/c1-4-16(3)10-12-18(13-11-16)21(19,20)15-8-6-14(7-9-15)17-5-2/h6-9,17H,4-5,10-13H2,1-3H3. The van der Waals surface area contributed by atoms with Gasteiger partial charge in [-0.2, -0.15) is 4.31 Å². The van der Waals surface area contributed by atoms with E-state index in [0.29, 0.717) is 23.4 Å². The monoisotopic (exact) mass is 310 g/mol. The highest BCUT2D eigenvalue weighted by molar-refractivity contribution is 7.89. The number of hydrogen-bond acceptors (Lipinski definition) is 3. The molecule has 0 unspecified atom stereocenters. The van der Waals surface area contributed by atoms with Gasteiger partial charge in [-0.15, -0.1) is 0 Å². The number of benzene rings is 1. The van der Waals surface area contributed by atoms with E-state index in [1.54, 1.807) is 16.4 Å². The normalized spacial score (nSPS) is 19.4. The molecule has 0 bridgehead atoms. The van der Waals surface area contributed by atoms with Gasteiger partial charge in [0.1, 0.15) is 0 Å². The zero-order valence-electron chi connectivity index (χ0n) is 13.2. The zero-order chi connectivity index (χ0) is 15.5. The molecule has 0 aromatic heterocycles. The summed E-state index contributed by atoms with van der Waals surface area (Å²) < 4.78 is 27.0. The number of rotatable bonds is 5. The Hall–Kier alpha value is -1.07. The lowest BCUT2D eigenvalue weighted by Crippen LogP contribution is -2.41. The smallest absolute Gasteiger partial charge is 0.243 e. The van der Waals surface area contributed by atoms with Crippen LogP contribution in [-0.2, 0) is 10.0 Å². The minimum Gasteiger partial charge on any atom is -0.385 e. The fraction of sp³-hybridized carbons (Fsp3) is 0.625. The van der Waals surface area contributed by atoms with Gasteiger partial charge in [0, 0.05) is 25.3 Å². The van der Waals surface area contributed by atoms with Gasteiger partial charge >= 0.3 is 0 Å². The summed E-state index contributed by atoms with van der Waals surface area (Å²) in [7, 11) is -3.35. The van der Waals surface area contributed by atoms with Crippen LogP contribution < -0.4 is 5.32 Å². The van der Waals surface area contributed by atoms with Crippen LogP contribution in [0.15, 0.2) is 29.2 Å². The molecule has 1 heterocycles. The Morgan fingerprint density at radius 3 is 2.19 bits per heavy atom. The van der Waals surface area contributed by atoms with Crippen LogP contribution in [0.25, 0.3) is 0 Å². The summed E-state index contributed by atoms with van der Waals surface area (Å²) in [6.45, 7) is 8.53. The molecule has 0 saturated carbocycles. The first-order chi connectivity index (χ1) is 9.91. The number of anilines is 1. The molecule has 4 nitrogen and oxygen atoms in total.